The number of amides is 1. The first-order valence-corrected chi connectivity index (χ1v) is 7.24. The molecule has 0 spiro atoms. The van der Waals surface area contributed by atoms with Gasteiger partial charge in [0.1, 0.15) is 5.78 Å². The fraction of sp³-hybridized carbons (Fsp3) is 0.467. The number of nitrogens with zero attached hydrogens (tertiary/aromatic N) is 1. The third kappa shape index (κ3) is 2.99. The molecule has 0 saturated carbocycles. The lowest BCUT2D eigenvalue weighted by Crippen LogP contribution is -2.51. The molecule has 0 aromatic heterocycles. The predicted octanol–water partition coefficient (Wildman–Crippen LogP) is 4.02. The van der Waals surface area contributed by atoms with Gasteiger partial charge in [-0.25, -0.2) is 0 Å². The molecule has 1 amide bonds. The van der Waals surface area contributed by atoms with Crippen LogP contribution < -0.4 is 0 Å². The number of rotatable bonds is 1. The van der Waals surface area contributed by atoms with E-state index in [1.54, 1.807) is 23.1 Å². The van der Waals surface area contributed by atoms with Gasteiger partial charge in [0.05, 0.1) is 12.5 Å². The van der Waals surface area contributed by atoms with E-state index >= 15 is 0 Å². The quantitative estimate of drug-likeness (QED) is 0.734. The van der Waals surface area contributed by atoms with Crippen LogP contribution >= 0.6 is 23.2 Å². The molecule has 1 fully saturated rings. The second-order valence-corrected chi connectivity index (χ2v) is 6.88. The Hall–Kier alpha value is -1.06. The molecule has 0 radical (unpaired) electrons. The first-order valence-electron chi connectivity index (χ1n) is 6.49. The summed E-state index contributed by atoms with van der Waals surface area (Å²) in [6.07, 6.45) is 0.267. The summed E-state index contributed by atoms with van der Waals surface area (Å²) in [5.74, 6) is -0.198. The highest BCUT2D eigenvalue weighted by Gasteiger charge is 2.40. The summed E-state index contributed by atoms with van der Waals surface area (Å²) in [6.45, 7) is 5.87. The van der Waals surface area contributed by atoms with Gasteiger partial charge in [0.25, 0.3) is 0 Å². The Balaban J connectivity index is 2.49. The second kappa shape index (κ2) is 5.38. The first-order chi connectivity index (χ1) is 9.20. The minimum absolute atomic E-state index is 0.0288. The Labute approximate surface area is 128 Å². The lowest BCUT2D eigenvalue weighted by atomic mass is 9.89. The maximum absolute atomic E-state index is 12.2. The second-order valence-electron chi connectivity index (χ2n) is 6.04. The van der Waals surface area contributed by atoms with Crippen molar-refractivity contribution in [1.29, 1.82) is 0 Å². The highest BCUT2D eigenvalue weighted by atomic mass is 35.5. The minimum atomic E-state index is -0.370. The van der Waals surface area contributed by atoms with Crippen LogP contribution in [-0.4, -0.2) is 22.1 Å². The number of halogens is 2. The number of hydrogen-bond donors (Lipinski definition) is 0. The van der Waals surface area contributed by atoms with Gasteiger partial charge in [0.15, 0.2) is 0 Å². The van der Waals surface area contributed by atoms with Crippen molar-refractivity contribution in [2.75, 3.05) is 0 Å². The Kier molecular flexibility index (Phi) is 4.12. The van der Waals surface area contributed by atoms with Crippen LogP contribution in [0, 0.1) is 0 Å². The average Bonchev–Trinajstić information content (AvgIpc) is 2.25. The number of hydrogen-bond acceptors (Lipinski definition) is 2. The molecule has 1 aromatic carbocycles. The summed E-state index contributed by atoms with van der Waals surface area (Å²) in [5, 5.41) is 1.02. The van der Waals surface area contributed by atoms with Gasteiger partial charge in [0, 0.05) is 22.0 Å². The van der Waals surface area contributed by atoms with E-state index in [9.17, 15) is 9.59 Å². The minimum Gasteiger partial charge on any atom is -0.330 e. The van der Waals surface area contributed by atoms with Crippen molar-refractivity contribution in [3.63, 3.8) is 0 Å². The molecule has 1 aliphatic rings. The zero-order chi connectivity index (χ0) is 15.1. The zero-order valence-corrected chi connectivity index (χ0v) is 13.3. The molecule has 108 valence electrons. The third-order valence-electron chi connectivity index (χ3n) is 3.39. The molecule has 1 aliphatic heterocycles. The summed E-state index contributed by atoms with van der Waals surface area (Å²) in [7, 11) is 0. The lowest BCUT2D eigenvalue weighted by Gasteiger charge is -2.44. The number of Topliss-reactive ketones (excluding diaryl/α,β-unsaturated/α-hetero) is 1. The zero-order valence-electron chi connectivity index (χ0n) is 11.7. The molecule has 0 N–H and O–H groups in total. The summed E-state index contributed by atoms with van der Waals surface area (Å²) >= 11 is 12.1. The molecule has 20 heavy (non-hydrogen) atoms. The van der Waals surface area contributed by atoms with Crippen LogP contribution in [0.2, 0.25) is 10.0 Å². The molecule has 5 heteroatoms. The Morgan fingerprint density at radius 1 is 1.20 bits per heavy atom. The summed E-state index contributed by atoms with van der Waals surface area (Å²) in [5.41, 5.74) is 0.401. The summed E-state index contributed by atoms with van der Waals surface area (Å²) in [4.78, 5) is 25.8. The van der Waals surface area contributed by atoms with Crippen LogP contribution in [0.1, 0.15) is 45.2 Å². The average molecular weight is 314 g/mol. The van der Waals surface area contributed by atoms with Crippen molar-refractivity contribution >= 4 is 34.9 Å². The highest BCUT2D eigenvalue weighted by Crippen LogP contribution is 2.39. The van der Waals surface area contributed by atoms with E-state index in [2.05, 4.69) is 0 Å². The molecule has 0 aliphatic carbocycles. The number of ketones is 1. The van der Waals surface area contributed by atoms with E-state index in [1.807, 2.05) is 20.8 Å². The standard InChI is InChI=1S/C15H17Cl2NO2/c1-15(2,3)18-13(7-10(19)8-14(18)20)11-5-4-9(16)6-12(11)17/h4-6,13H,7-8H2,1-3H3. The molecular formula is C15H17Cl2NO2. The molecule has 0 bridgehead atoms. The maximum Gasteiger partial charge on any atom is 0.230 e. The van der Waals surface area contributed by atoms with Gasteiger partial charge in [-0.1, -0.05) is 29.3 Å². The number of carbonyl (C=O) groups is 2. The lowest BCUT2D eigenvalue weighted by molar-refractivity contribution is -0.148. The van der Waals surface area contributed by atoms with Gasteiger partial charge < -0.3 is 4.90 Å². The van der Waals surface area contributed by atoms with Gasteiger partial charge >= 0.3 is 0 Å². The normalized spacial score (nSPS) is 20.4. The van der Waals surface area contributed by atoms with Crippen LogP contribution in [0.15, 0.2) is 18.2 Å². The monoisotopic (exact) mass is 313 g/mol. The van der Waals surface area contributed by atoms with E-state index in [4.69, 9.17) is 23.2 Å². The van der Waals surface area contributed by atoms with Crippen molar-refractivity contribution in [2.24, 2.45) is 0 Å². The number of carbonyl (C=O) groups excluding carboxylic acids is 2. The number of piperidine rings is 1. The Morgan fingerprint density at radius 2 is 1.85 bits per heavy atom. The largest absolute Gasteiger partial charge is 0.330 e. The molecule has 1 atom stereocenters. The van der Waals surface area contributed by atoms with Crippen molar-refractivity contribution < 1.29 is 9.59 Å². The van der Waals surface area contributed by atoms with Crippen LogP contribution in [-0.2, 0) is 9.59 Å². The molecule has 2 rings (SSSR count). The van der Waals surface area contributed by atoms with Gasteiger partial charge in [-0.15, -0.1) is 0 Å². The molecule has 1 aromatic rings. The van der Waals surface area contributed by atoms with E-state index in [0.29, 0.717) is 16.5 Å². The van der Waals surface area contributed by atoms with E-state index < -0.39 is 0 Å². The summed E-state index contributed by atoms with van der Waals surface area (Å²) < 4.78 is 0. The van der Waals surface area contributed by atoms with E-state index in [0.717, 1.165) is 5.56 Å². The van der Waals surface area contributed by atoms with Gasteiger partial charge in [-0.3, -0.25) is 9.59 Å². The van der Waals surface area contributed by atoms with Gasteiger partial charge in [-0.05, 0) is 38.5 Å². The van der Waals surface area contributed by atoms with Crippen molar-refractivity contribution in [3.8, 4) is 0 Å². The maximum atomic E-state index is 12.2. The van der Waals surface area contributed by atoms with Gasteiger partial charge in [-0.2, -0.15) is 0 Å². The third-order valence-corrected chi connectivity index (χ3v) is 3.96. The van der Waals surface area contributed by atoms with Crippen molar-refractivity contribution in [3.05, 3.63) is 33.8 Å². The molecule has 1 saturated heterocycles. The van der Waals surface area contributed by atoms with Crippen LogP contribution in [0.25, 0.3) is 0 Å². The highest BCUT2D eigenvalue weighted by molar-refractivity contribution is 6.35. The smallest absolute Gasteiger partial charge is 0.230 e. The fourth-order valence-corrected chi connectivity index (χ4v) is 3.20. The van der Waals surface area contributed by atoms with E-state index in [-0.39, 0.29) is 29.7 Å². The molecule has 3 nitrogen and oxygen atoms in total. The Bertz CT molecular complexity index is 563. The fourth-order valence-electron chi connectivity index (χ4n) is 2.67. The van der Waals surface area contributed by atoms with Crippen LogP contribution in [0.5, 0.6) is 0 Å². The molecule has 1 heterocycles. The SMILES string of the molecule is CC(C)(C)N1C(=O)CC(=O)CC1c1ccc(Cl)cc1Cl. The van der Waals surface area contributed by atoms with E-state index in [1.165, 1.54) is 0 Å². The van der Waals surface area contributed by atoms with Crippen molar-refractivity contribution in [1.82, 2.24) is 4.90 Å². The first kappa shape index (κ1) is 15.3. The van der Waals surface area contributed by atoms with Crippen LogP contribution in [0.4, 0.5) is 0 Å². The van der Waals surface area contributed by atoms with Gasteiger partial charge in [0.2, 0.25) is 5.91 Å². The van der Waals surface area contributed by atoms with Crippen molar-refractivity contribution in [2.45, 2.75) is 45.2 Å². The molecular weight excluding hydrogens is 297 g/mol. The molecule has 1 unspecified atom stereocenters. The summed E-state index contributed by atoms with van der Waals surface area (Å²) in [6, 6.07) is 4.84. The Morgan fingerprint density at radius 3 is 2.40 bits per heavy atom. The number of likely N-dealkylation sites (tertiary alicyclic amines) is 1. The number of benzene rings is 1. The van der Waals surface area contributed by atoms with Crippen LogP contribution in [0.3, 0.4) is 0 Å². The predicted molar refractivity (Wildman–Crippen MR) is 80.0 cm³/mol. The topological polar surface area (TPSA) is 37.4 Å².